The van der Waals surface area contributed by atoms with Gasteiger partial charge in [0.25, 0.3) is 0 Å². The molecule has 0 aromatic carbocycles. The van der Waals surface area contributed by atoms with Crippen molar-refractivity contribution in [3.8, 4) is 0 Å². The largest absolute Gasteiger partial charge is 0.376 e. The maximum atomic E-state index is 12.5. The Kier molecular flexibility index (Phi) is 6.07. The van der Waals surface area contributed by atoms with Gasteiger partial charge in [0.05, 0.1) is 18.8 Å². The van der Waals surface area contributed by atoms with Crippen LogP contribution in [0.25, 0.3) is 0 Å². The van der Waals surface area contributed by atoms with Crippen LogP contribution in [0.4, 0.5) is 4.79 Å². The molecule has 1 saturated heterocycles. The van der Waals surface area contributed by atoms with Gasteiger partial charge in [-0.3, -0.25) is 4.98 Å². The Labute approximate surface area is 144 Å². The highest BCUT2D eigenvalue weighted by atomic mass is 16.5. The van der Waals surface area contributed by atoms with Gasteiger partial charge < -0.3 is 15.0 Å². The Morgan fingerprint density at radius 3 is 2.83 bits per heavy atom. The van der Waals surface area contributed by atoms with Crippen molar-refractivity contribution in [1.82, 2.24) is 15.2 Å². The number of aromatic nitrogens is 1. The molecule has 0 bridgehead atoms. The van der Waals surface area contributed by atoms with Crippen LogP contribution in [-0.2, 0) is 4.74 Å². The van der Waals surface area contributed by atoms with E-state index in [2.05, 4.69) is 17.2 Å². The van der Waals surface area contributed by atoms with Crippen LogP contribution in [0.1, 0.15) is 57.1 Å². The molecule has 0 unspecified atom stereocenters. The third kappa shape index (κ3) is 4.26. The van der Waals surface area contributed by atoms with E-state index in [1.807, 2.05) is 17.0 Å². The van der Waals surface area contributed by atoms with Gasteiger partial charge in [0.1, 0.15) is 0 Å². The summed E-state index contributed by atoms with van der Waals surface area (Å²) in [7, 11) is 0. The summed E-state index contributed by atoms with van der Waals surface area (Å²) in [6.07, 6.45) is 11.0. The number of likely N-dealkylation sites (tertiary alicyclic amines) is 1. The maximum Gasteiger partial charge on any atom is 0.317 e. The number of rotatable bonds is 5. The molecule has 2 heterocycles. The van der Waals surface area contributed by atoms with E-state index in [0.29, 0.717) is 25.2 Å². The zero-order valence-corrected chi connectivity index (χ0v) is 14.6. The van der Waals surface area contributed by atoms with Gasteiger partial charge in [-0.2, -0.15) is 0 Å². The van der Waals surface area contributed by atoms with Crippen molar-refractivity contribution in [2.24, 2.45) is 5.92 Å². The fourth-order valence-electron chi connectivity index (χ4n) is 3.94. The van der Waals surface area contributed by atoms with Crippen LogP contribution in [0.5, 0.6) is 0 Å². The number of nitrogens with one attached hydrogen (secondary N) is 1. The number of carbonyl (C=O) groups is 1. The molecule has 24 heavy (non-hydrogen) atoms. The molecule has 132 valence electrons. The summed E-state index contributed by atoms with van der Waals surface area (Å²) in [6.45, 7) is 4.28. The SMILES string of the molecule is C[C@@H]1CCCC[C@@H]1OCCNC(=O)N1CCC[C@@H]1c1ccncc1. The zero-order valence-electron chi connectivity index (χ0n) is 14.6. The average molecular weight is 331 g/mol. The zero-order chi connectivity index (χ0) is 16.8. The number of ether oxygens (including phenoxy) is 1. The highest BCUT2D eigenvalue weighted by Crippen LogP contribution is 2.31. The minimum absolute atomic E-state index is 0.0228. The fourth-order valence-corrected chi connectivity index (χ4v) is 3.94. The third-order valence-electron chi connectivity index (χ3n) is 5.35. The van der Waals surface area contributed by atoms with Crippen molar-refractivity contribution < 1.29 is 9.53 Å². The van der Waals surface area contributed by atoms with Crippen molar-refractivity contribution in [2.45, 2.75) is 57.6 Å². The van der Waals surface area contributed by atoms with Crippen LogP contribution < -0.4 is 5.32 Å². The lowest BCUT2D eigenvalue weighted by molar-refractivity contribution is -0.00274. The second-order valence-electron chi connectivity index (χ2n) is 7.03. The van der Waals surface area contributed by atoms with Gasteiger partial charge in [0, 0.05) is 25.5 Å². The van der Waals surface area contributed by atoms with E-state index < -0.39 is 0 Å². The minimum Gasteiger partial charge on any atom is -0.376 e. The van der Waals surface area contributed by atoms with Gasteiger partial charge in [0.15, 0.2) is 0 Å². The Balaban J connectivity index is 1.43. The number of nitrogens with zero attached hydrogens (tertiary/aromatic N) is 2. The second-order valence-corrected chi connectivity index (χ2v) is 7.03. The summed E-state index contributed by atoms with van der Waals surface area (Å²) in [5, 5.41) is 3.03. The van der Waals surface area contributed by atoms with E-state index in [4.69, 9.17) is 4.74 Å². The highest BCUT2D eigenvalue weighted by molar-refractivity contribution is 5.75. The summed E-state index contributed by atoms with van der Waals surface area (Å²) in [4.78, 5) is 18.5. The van der Waals surface area contributed by atoms with E-state index in [9.17, 15) is 4.79 Å². The number of amides is 2. The van der Waals surface area contributed by atoms with Gasteiger partial charge in [-0.15, -0.1) is 0 Å². The molecule has 1 N–H and O–H groups in total. The number of hydrogen-bond acceptors (Lipinski definition) is 3. The van der Waals surface area contributed by atoms with E-state index in [1.165, 1.54) is 24.8 Å². The first-order valence-corrected chi connectivity index (χ1v) is 9.31. The smallest absolute Gasteiger partial charge is 0.317 e. The molecular weight excluding hydrogens is 302 g/mol. The molecule has 1 saturated carbocycles. The number of pyridine rings is 1. The van der Waals surface area contributed by atoms with Gasteiger partial charge in [-0.25, -0.2) is 4.79 Å². The molecule has 5 nitrogen and oxygen atoms in total. The second kappa shape index (κ2) is 8.47. The van der Waals surface area contributed by atoms with Crippen molar-refractivity contribution in [3.63, 3.8) is 0 Å². The molecule has 1 aromatic rings. The standard InChI is InChI=1S/C19H29N3O2/c1-15-5-2-3-7-18(15)24-14-12-21-19(23)22-13-4-6-17(22)16-8-10-20-11-9-16/h8-11,15,17-18H,2-7,12-14H2,1H3,(H,21,23)/t15-,17-,18+/m1/s1. The van der Waals surface area contributed by atoms with E-state index >= 15 is 0 Å². The average Bonchev–Trinajstić information content (AvgIpc) is 3.10. The number of hydrogen-bond donors (Lipinski definition) is 1. The van der Waals surface area contributed by atoms with Gasteiger partial charge >= 0.3 is 6.03 Å². The molecule has 5 heteroatoms. The van der Waals surface area contributed by atoms with Crippen LogP contribution in [-0.4, -0.2) is 41.7 Å². The molecule has 3 rings (SSSR count). The number of urea groups is 1. The molecule has 2 fully saturated rings. The van der Waals surface area contributed by atoms with E-state index in [-0.39, 0.29) is 12.1 Å². The Morgan fingerprint density at radius 2 is 2.04 bits per heavy atom. The molecule has 2 amide bonds. The summed E-state index contributed by atoms with van der Waals surface area (Å²) < 4.78 is 5.98. The summed E-state index contributed by atoms with van der Waals surface area (Å²) in [5.41, 5.74) is 1.17. The van der Waals surface area contributed by atoms with Crippen molar-refractivity contribution >= 4 is 6.03 Å². The maximum absolute atomic E-state index is 12.5. The Hall–Kier alpha value is -1.62. The van der Waals surface area contributed by atoms with Gasteiger partial charge in [-0.1, -0.05) is 19.8 Å². The highest BCUT2D eigenvalue weighted by Gasteiger charge is 2.29. The predicted octanol–water partition coefficient (Wildman–Crippen LogP) is 3.52. The van der Waals surface area contributed by atoms with Crippen LogP contribution in [0.2, 0.25) is 0 Å². The summed E-state index contributed by atoms with van der Waals surface area (Å²) in [5.74, 6) is 0.643. The first-order valence-electron chi connectivity index (χ1n) is 9.31. The number of carbonyl (C=O) groups excluding carboxylic acids is 1. The van der Waals surface area contributed by atoms with Crippen LogP contribution >= 0.6 is 0 Å². The third-order valence-corrected chi connectivity index (χ3v) is 5.35. The van der Waals surface area contributed by atoms with Crippen LogP contribution in [0.15, 0.2) is 24.5 Å². The fraction of sp³-hybridized carbons (Fsp3) is 0.684. The summed E-state index contributed by atoms with van der Waals surface area (Å²) >= 11 is 0. The quantitative estimate of drug-likeness (QED) is 0.840. The van der Waals surface area contributed by atoms with Gasteiger partial charge in [0.2, 0.25) is 0 Å². The molecule has 2 aliphatic rings. The molecule has 1 aliphatic carbocycles. The van der Waals surface area contributed by atoms with Crippen molar-refractivity contribution in [3.05, 3.63) is 30.1 Å². The van der Waals surface area contributed by atoms with Crippen LogP contribution in [0.3, 0.4) is 0 Å². The van der Waals surface area contributed by atoms with E-state index in [1.54, 1.807) is 12.4 Å². The lowest BCUT2D eigenvalue weighted by Gasteiger charge is -2.29. The topological polar surface area (TPSA) is 54.5 Å². The first kappa shape index (κ1) is 17.2. The van der Waals surface area contributed by atoms with Crippen molar-refractivity contribution in [2.75, 3.05) is 19.7 Å². The molecule has 1 aliphatic heterocycles. The lowest BCUT2D eigenvalue weighted by atomic mass is 9.88. The minimum atomic E-state index is 0.0228. The normalized spacial score (nSPS) is 27.2. The van der Waals surface area contributed by atoms with Gasteiger partial charge in [-0.05, 0) is 49.3 Å². The molecule has 0 radical (unpaired) electrons. The molecule has 3 atom stereocenters. The monoisotopic (exact) mass is 331 g/mol. The molecular formula is C19H29N3O2. The summed E-state index contributed by atoms with van der Waals surface area (Å²) in [6, 6.07) is 4.20. The predicted molar refractivity (Wildman–Crippen MR) is 93.7 cm³/mol. The lowest BCUT2D eigenvalue weighted by Crippen LogP contribution is -2.41. The Morgan fingerprint density at radius 1 is 1.25 bits per heavy atom. The van der Waals surface area contributed by atoms with Crippen LogP contribution in [0, 0.1) is 5.92 Å². The first-order chi connectivity index (χ1) is 11.8. The molecule has 1 aromatic heterocycles. The van der Waals surface area contributed by atoms with E-state index in [0.717, 1.165) is 25.8 Å². The molecule has 0 spiro atoms. The Bertz CT molecular complexity index is 523. The van der Waals surface area contributed by atoms with Crippen molar-refractivity contribution in [1.29, 1.82) is 0 Å².